The van der Waals surface area contributed by atoms with Gasteiger partial charge in [-0.2, -0.15) is 0 Å². The van der Waals surface area contributed by atoms with E-state index < -0.39 is 7.12 Å². The molecule has 2 N–H and O–H groups in total. The molecule has 0 aliphatic carbocycles. The molecule has 0 radical (unpaired) electrons. The summed E-state index contributed by atoms with van der Waals surface area (Å²) in [7, 11) is -1.65. The van der Waals surface area contributed by atoms with Gasteiger partial charge in [0.2, 0.25) is 0 Å². The molecule has 0 saturated heterocycles. The van der Waals surface area contributed by atoms with E-state index in [0.29, 0.717) is 12.0 Å². The van der Waals surface area contributed by atoms with Crippen molar-refractivity contribution in [1.29, 1.82) is 0 Å². The second-order valence-corrected chi connectivity index (χ2v) is 4.50. The Morgan fingerprint density at radius 2 is 1.94 bits per heavy atom. The largest absolute Gasteiger partial charge is 0.489 e. The molecule has 0 atom stereocenters. The van der Waals surface area contributed by atoms with Crippen LogP contribution < -0.4 is 10.2 Å². The molecule has 0 aliphatic heterocycles. The van der Waals surface area contributed by atoms with Gasteiger partial charge in [-0.15, -0.1) is 0 Å². The van der Waals surface area contributed by atoms with E-state index in [1.54, 1.807) is 6.07 Å². The maximum atomic E-state index is 10.8. The number of rotatable bonds is 3. The molecular weight excluding hydrogens is 207 g/mol. The van der Waals surface area contributed by atoms with Crippen LogP contribution in [0.15, 0.2) is 18.2 Å². The summed E-state index contributed by atoms with van der Waals surface area (Å²) in [6.45, 7) is 5.67. The van der Waals surface area contributed by atoms with Crippen LogP contribution >= 0.6 is 0 Å². The van der Waals surface area contributed by atoms with E-state index in [1.807, 2.05) is 20.8 Å². The fourth-order valence-electron chi connectivity index (χ4n) is 1.31. The normalized spacial score (nSPS) is 11.1. The minimum absolute atomic E-state index is 0.177. The smallest absolute Gasteiger partial charge is 0.488 e. The molecule has 86 valence electrons. The molecule has 0 unspecified atom stereocenters. The van der Waals surface area contributed by atoms with Crippen LogP contribution in [0.1, 0.15) is 31.1 Å². The summed E-state index contributed by atoms with van der Waals surface area (Å²) in [5.74, 6) is 0.527. The summed E-state index contributed by atoms with van der Waals surface area (Å²) in [6, 6.07) is 4.57. The van der Waals surface area contributed by atoms with Gasteiger partial charge in [-0.05, 0) is 38.4 Å². The average Bonchev–Trinajstić information content (AvgIpc) is 2.14. The molecule has 1 aromatic carbocycles. The van der Waals surface area contributed by atoms with E-state index in [2.05, 4.69) is 0 Å². The molecule has 1 aromatic rings. The van der Waals surface area contributed by atoms with Crippen LogP contribution in [0, 0.1) is 0 Å². The molecule has 0 bridgehead atoms. The van der Waals surface area contributed by atoms with E-state index >= 15 is 0 Å². The summed E-state index contributed by atoms with van der Waals surface area (Å²) in [4.78, 5) is 10.8. The van der Waals surface area contributed by atoms with Crippen LogP contribution in [0.4, 0.5) is 0 Å². The quantitative estimate of drug-likeness (QED) is 0.572. The van der Waals surface area contributed by atoms with Gasteiger partial charge in [0, 0.05) is 5.56 Å². The highest BCUT2D eigenvalue weighted by molar-refractivity contribution is 6.60. The van der Waals surface area contributed by atoms with Gasteiger partial charge >= 0.3 is 7.12 Å². The standard InChI is InChI=1S/C11H15BO4/c1-11(2,3)16-9-4-5-10(12(14)15)8(6-9)7-13/h4-7,14-15H,1-3H3. The first-order valence-corrected chi connectivity index (χ1v) is 4.98. The second kappa shape index (κ2) is 4.68. The van der Waals surface area contributed by atoms with Crippen molar-refractivity contribution in [1.82, 2.24) is 0 Å². The van der Waals surface area contributed by atoms with Crippen LogP contribution in [0.3, 0.4) is 0 Å². The van der Waals surface area contributed by atoms with Crippen LogP contribution in [-0.4, -0.2) is 29.1 Å². The molecule has 0 amide bonds. The monoisotopic (exact) mass is 222 g/mol. The van der Waals surface area contributed by atoms with Gasteiger partial charge in [0.05, 0.1) is 0 Å². The van der Waals surface area contributed by atoms with Gasteiger partial charge in [0.15, 0.2) is 0 Å². The number of carbonyl (C=O) groups is 1. The van der Waals surface area contributed by atoms with Crippen molar-refractivity contribution in [2.24, 2.45) is 0 Å². The number of ether oxygens (including phenoxy) is 1. The Kier molecular flexibility index (Phi) is 3.72. The number of carbonyl (C=O) groups excluding carboxylic acids is 1. The predicted molar refractivity (Wildman–Crippen MR) is 62.0 cm³/mol. The Morgan fingerprint density at radius 1 is 1.31 bits per heavy atom. The Hall–Kier alpha value is -1.33. The number of hydrogen-bond donors (Lipinski definition) is 2. The summed E-state index contributed by atoms with van der Waals surface area (Å²) in [5.41, 5.74) is 0.0347. The molecule has 4 nitrogen and oxygen atoms in total. The van der Waals surface area contributed by atoms with Crippen LogP contribution in [0.2, 0.25) is 0 Å². The lowest BCUT2D eigenvalue weighted by molar-refractivity contribution is 0.111. The van der Waals surface area contributed by atoms with E-state index in [9.17, 15) is 4.79 Å². The van der Waals surface area contributed by atoms with Crippen molar-refractivity contribution in [3.8, 4) is 5.75 Å². The highest BCUT2D eigenvalue weighted by Gasteiger charge is 2.18. The summed E-state index contributed by atoms with van der Waals surface area (Å²) >= 11 is 0. The predicted octanol–water partition coefficient (Wildman–Crippen LogP) is 0.356. The fraction of sp³-hybridized carbons (Fsp3) is 0.364. The first kappa shape index (κ1) is 12.7. The molecule has 0 saturated carbocycles. The van der Waals surface area contributed by atoms with E-state index in [0.717, 1.165) is 0 Å². The highest BCUT2D eigenvalue weighted by atomic mass is 16.5. The highest BCUT2D eigenvalue weighted by Crippen LogP contribution is 2.17. The van der Waals surface area contributed by atoms with E-state index in [4.69, 9.17) is 14.8 Å². The third kappa shape index (κ3) is 3.36. The molecule has 0 fully saturated rings. The first-order valence-electron chi connectivity index (χ1n) is 4.98. The molecule has 0 aromatic heterocycles. The summed E-state index contributed by atoms with van der Waals surface area (Å²) in [5, 5.41) is 18.0. The van der Waals surface area contributed by atoms with Gasteiger partial charge in [-0.25, -0.2) is 0 Å². The van der Waals surface area contributed by atoms with Crippen molar-refractivity contribution in [3.63, 3.8) is 0 Å². The lowest BCUT2D eigenvalue weighted by Crippen LogP contribution is -2.33. The van der Waals surface area contributed by atoms with Crippen molar-refractivity contribution < 1.29 is 19.6 Å². The fourth-order valence-corrected chi connectivity index (χ4v) is 1.31. The Balaban J connectivity index is 3.05. The Bertz CT molecular complexity index is 382. The lowest BCUT2D eigenvalue weighted by Gasteiger charge is -2.21. The number of benzene rings is 1. The number of aldehydes is 1. The Labute approximate surface area is 95.0 Å². The Morgan fingerprint density at radius 3 is 2.38 bits per heavy atom. The topological polar surface area (TPSA) is 66.8 Å². The second-order valence-electron chi connectivity index (χ2n) is 4.50. The summed E-state index contributed by atoms with van der Waals surface area (Å²) in [6.07, 6.45) is 0.574. The first-order chi connectivity index (χ1) is 7.33. The van der Waals surface area contributed by atoms with Crippen molar-refractivity contribution in [2.75, 3.05) is 0 Å². The molecule has 0 aliphatic rings. The maximum absolute atomic E-state index is 10.8. The molecule has 0 spiro atoms. The van der Waals surface area contributed by atoms with Crippen molar-refractivity contribution in [3.05, 3.63) is 23.8 Å². The SMILES string of the molecule is CC(C)(C)Oc1ccc(B(O)O)c(C=O)c1. The minimum atomic E-state index is -1.65. The summed E-state index contributed by atoms with van der Waals surface area (Å²) < 4.78 is 5.56. The van der Waals surface area contributed by atoms with Crippen LogP contribution in [0.5, 0.6) is 5.75 Å². The molecule has 5 heteroatoms. The molecular formula is C11H15BO4. The van der Waals surface area contributed by atoms with Crippen molar-refractivity contribution in [2.45, 2.75) is 26.4 Å². The zero-order valence-corrected chi connectivity index (χ0v) is 9.60. The maximum Gasteiger partial charge on any atom is 0.489 e. The zero-order valence-electron chi connectivity index (χ0n) is 9.60. The minimum Gasteiger partial charge on any atom is -0.488 e. The molecule has 0 heterocycles. The van der Waals surface area contributed by atoms with Gasteiger partial charge < -0.3 is 14.8 Å². The van der Waals surface area contributed by atoms with Crippen LogP contribution in [0.25, 0.3) is 0 Å². The van der Waals surface area contributed by atoms with Crippen molar-refractivity contribution >= 4 is 18.9 Å². The lowest BCUT2D eigenvalue weighted by atomic mass is 9.77. The van der Waals surface area contributed by atoms with Gasteiger partial charge in [-0.3, -0.25) is 4.79 Å². The van der Waals surface area contributed by atoms with E-state index in [-0.39, 0.29) is 16.6 Å². The molecule has 1 rings (SSSR count). The third-order valence-electron chi connectivity index (χ3n) is 1.89. The molecule has 16 heavy (non-hydrogen) atoms. The van der Waals surface area contributed by atoms with Gasteiger partial charge in [0.1, 0.15) is 17.6 Å². The third-order valence-corrected chi connectivity index (χ3v) is 1.89. The van der Waals surface area contributed by atoms with Crippen LogP contribution in [-0.2, 0) is 0 Å². The average molecular weight is 222 g/mol. The van der Waals surface area contributed by atoms with Gasteiger partial charge in [-0.1, -0.05) is 6.07 Å². The van der Waals surface area contributed by atoms with Gasteiger partial charge in [0.25, 0.3) is 0 Å². The van der Waals surface area contributed by atoms with E-state index in [1.165, 1.54) is 12.1 Å². The number of hydrogen-bond acceptors (Lipinski definition) is 4. The zero-order chi connectivity index (χ0) is 12.3.